The minimum atomic E-state index is -0.555. The Labute approximate surface area is 176 Å². The van der Waals surface area contributed by atoms with Crippen molar-refractivity contribution in [3.8, 4) is 11.1 Å². The number of carbonyl (C=O) groups excluding carboxylic acids is 2. The van der Waals surface area contributed by atoms with Crippen LogP contribution in [0.1, 0.15) is 55.6 Å². The van der Waals surface area contributed by atoms with Crippen molar-refractivity contribution < 1.29 is 14.3 Å². The van der Waals surface area contributed by atoms with Crippen LogP contribution in [0.3, 0.4) is 0 Å². The van der Waals surface area contributed by atoms with Gasteiger partial charge < -0.3 is 15.8 Å². The van der Waals surface area contributed by atoms with Crippen LogP contribution >= 0.6 is 0 Å². The zero-order valence-corrected chi connectivity index (χ0v) is 17.5. The maximum absolute atomic E-state index is 12.9. The smallest absolute Gasteiger partial charge is 0.411 e. The van der Waals surface area contributed by atoms with E-state index >= 15 is 0 Å². The average molecular weight is 409 g/mol. The molecule has 4 rings (SSSR count). The number of methoxy groups -OCH3 is 1. The summed E-state index contributed by atoms with van der Waals surface area (Å²) >= 11 is 0. The molecule has 2 bridgehead atoms. The second kappa shape index (κ2) is 8.44. The highest BCUT2D eigenvalue weighted by Gasteiger charge is 2.25. The summed E-state index contributed by atoms with van der Waals surface area (Å²) in [7, 11) is 1.32. The predicted molar refractivity (Wildman–Crippen MR) is 116 cm³/mol. The first-order valence-electron chi connectivity index (χ1n) is 10.5. The van der Waals surface area contributed by atoms with Gasteiger partial charge in [0.2, 0.25) is 5.91 Å². The second-order valence-corrected chi connectivity index (χ2v) is 8.18. The molecule has 0 fully saturated rings. The largest absolute Gasteiger partial charge is 0.453 e. The predicted octanol–water partition coefficient (Wildman–Crippen LogP) is 4.17. The summed E-state index contributed by atoms with van der Waals surface area (Å²) in [5.41, 5.74) is 12.9. The average Bonchev–Trinajstić information content (AvgIpc) is 3.21. The minimum absolute atomic E-state index is 0.0356. The third-order valence-electron chi connectivity index (χ3n) is 6.05. The van der Waals surface area contributed by atoms with E-state index in [2.05, 4.69) is 16.7 Å². The number of carbonyl (C=O) groups is 2. The van der Waals surface area contributed by atoms with E-state index in [-0.39, 0.29) is 17.9 Å². The van der Waals surface area contributed by atoms with Gasteiger partial charge in [-0.2, -0.15) is 0 Å². The van der Waals surface area contributed by atoms with E-state index in [1.165, 1.54) is 12.7 Å². The zero-order chi connectivity index (χ0) is 21.3. The molecule has 30 heavy (non-hydrogen) atoms. The van der Waals surface area contributed by atoms with Crippen molar-refractivity contribution in [2.45, 2.75) is 51.5 Å². The van der Waals surface area contributed by atoms with Gasteiger partial charge in [-0.15, -0.1) is 0 Å². The Morgan fingerprint density at radius 1 is 1.20 bits per heavy atom. The summed E-state index contributed by atoms with van der Waals surface area (Å²) in [6.45, 7) is 1.93. The molecule has 2 aliphatic rings. The maximum atomic E-state index is 12.9. The Morgan fingerprint density at radius 3 is 2.83 bits per heavy atom. The van der Waals surface area contributed by atoms with E-state index in [4.69, 9.17) is 15.5 Å². The van der Waals surface area contributed by atoms with Gasteiger partial charge in [0.1, 0.15) is 0 Å². The first kappa shape index (κ1) is 20.3. The summed E-state index contributed by atoms with van der Waals surface area (Å²) in [6.07, 6.45) is 4.84. The highest BCUT2D eigenvalue weighted by atomic mass is 16.5. The number of aryl methyl sites for hydroxylation is 1. The van der Waals surface area contributed by atoms with Gasteiger partial charge in [0.15, 0.2) is 0 Å². The second-order valence-electron chi connectivity index (χ2n) is 8.18. The Bertz CT molecular complexity index is 989. The molecule has 2 aromatic rings. The fourth-order valence-corrected chi connectivity index (χ4v) is 4.30. The number of aromatic nitrogens is 1. The van der Waals surface area contributed by atoms with Gasteiger partial charge >= 0.3 is 6.09 Å². The first-order valence-corrected chi connectivity index (χ1v) is 10.5. The molecule has 0 saturated heterocycles. The SMILES string of the molecule is COC(=O)Nc1ccc2c(c1)NC(=O)[C@H](C)CCC[C@H](N)c1cc-2c2c(n1)CCC2. The number of anilines is 2. The molecule has 7 nitrogen and oxygen atoms in total. The fraction of sp³-hybridized carbons (Fsp3) is 0.435. The van der Waals surface area contributed by atoms with Crippen LogP contribution in [0.2, 0.25) is 0 Å². The zero-order valence-electron chi connectivity index (χ0n) is 17.5. The standard InChI is InChI=1S/C23H28N4O3/c1-13-5-3-7-18(24)21-12-17(15-6-4-8-19(15)26-21)16-10-9-14(25-23(29)30-2)11-20(16)27-22(13)28/h9-13,18H,3-8,24H2,1-2H3,(H,25,29)(H,27,28)/t13-,18+/m1/s1. The summed E-state index contributed by atoms with van der Waals surface area (Å²) < 4.78 is 4.70. The molecule has 0 spiro atoms. The van der Waals surface area contributed by atoms with Crippen LogP contribution in [0.5, 0.6) is 0 Å². The van der Waals surface area contributed by atoms with E-state index in [1.807, 2.05) is 19.1 Å². The van der Waals surface area contributed by atoms with E-state index in [1.54, 1.807) is 6.07 Å². The number of ether oxygens (including phenoxy) is 1. The highest BCUT2D eigenvalue weighted by Crippen LogP contribution is 2.39. The van der Waals surface area contributed by atoms with Crippen molar-refractivity contribution in [1.82, 2.24) is 4.98 Å². The molecule has 1 aromatic heterocycles. The van der Waals surface area contributed by atoms with Crippen molar-refractivity contribution in [1.29, 1.82) is 0 Å². The van der Waals surface area contributed by atoms with Gasteiger partial charge in [-0.25, -0.2) is 4.79 Å². The first-order chi connectivity index (χ1) is 14.5. The van der Waals surface area contributed by atoms with Crippen LogP contribution in [-0.2, 0) is 22.4 Å². The maximum Gasteiger partial charge on any atom is 0.411 e. The Morgan fingerprint density at radius 2 is 2.03 bits per heavy atom. The number of nitrogens with one attached hydrogen (secondary N) is 2. The van der Waals surface area contributed by atoms with Gasteiger partial charge in [-0.05, 0) is 61.4 Å². The fourth-order valence-electron chi connectivity index (χ4n) is 4.30. The number of hydrogen-bond donors (Lipinski definition) is 3. The van der Waals surface area contributed by atoms with Gasteiger partial charge in [0.25, 0.3) is 0 Å². The van der Waals surface area contributed by atoms with Gasteiger partial charge in [0.05, 0.1) is 18.5 Å². The Hall–Kier alpha value is -2.93. The summed E-state index contributed by atoms with van der Waals surface area (Å²) in [5.74, 6) is -0.176. The highest BCUT2D eigenvalue weighted by molar-refractivity contribution is 5.99. The van der Waals surface area contributed by atoms with Crippen molar-refractivity contribution in [3.63, 3.8) is 0 Å². The lowest BCUT2D eigenvalue weighted by atomic mass is 9.92. The molecule has 2 heterocycles. The number of fused-ring (bicyclic) bond motifs is 6. The third-order valence-corrected chi connectivity index (χ3v) is 6.05. The molecular formula is C23H28N4O3. The molecule has 2 atom stereocenters. The Balaban J connectivity index is 1.87. The number of benzene rings is 1. The van der Waals surface area contributed by atoms with Gasteiger partial charge in [-0.1, -0.05) is 19.4 Å². The summed E-state index contributed by atoms with van der Waals surface area (Å²) in [6, 6.07) is 7.47. The molecule has 4 N–H and O–H groups in total. The molecule has 7 heteroatoms. The molecule has 0 unspecified atom stereocenters. The molecule has 1 aliphatic carbocycles. The van der Waals surface area contributed by atoms with Crippen LogP contribution in [0, 0.1) is 5.92 Å². The van der Waals surface area contributed by atoms with Crippen LogP contribution in [-0.4, -0.2) is 24.1 Å². The Kier molecular flexibility index (Phi) is 5.72. The monoisotopic (exact) mass is 408 g/mol. The normalized spacial score (nSPS) is 20.8. The summed E-state index contributed by atoms with van der Waals surface area (Å²) in [5, 5.41) is 5.76. The molecular weight excluding hydrogens is 380 g/mol. The topological polar surface area (TPSA) is 106 Å². The number of nitrogens with zero attached hydrogens (tertiary/aromatic N) is 1. The van der Waals surface area contributed by atoms with Crippen molar-refractivity contribution in [3.05, 3.63) is 41.2 Å². The lowest BCUT2D eigenvalue weighted by molar-refractivity contribution is -0.119. The molecule has 1 aliphatic heterocycles. The van der Waals surface area contributed by atoms with E-state index < -0.39 is 6.09 Å². The van der Waals surface area contributed by atoms with E-state index in [9.17, 15) is 9.59 Å². The lowest BCUT2D eigenvalue weighted by Crippen LogP contribution is -2.22. The molecule has 1 aromatic carbocycles. The number of rotatable bonds is 1. The number of amides is 2. The van der Waals surface area contributed by atoms with Crippen molar-refractivity contribution in [2.75, 3.05) is 17.7 Å². The van der Waals surface area contributed by atoms with Crippen LogP contribution < -0.4 is 16.4 Å². The third kappa shape index (κ3) is 4.03. The van der Waals surface area contributed by atoms with E-state index in [0.717, 1.165) is 61.0 Å². The van der Waals surface area contributed by atoms with Gasteiger partial charge in [0, 0.05) is 28.9 Å². The minimum Gasteiger partial charge on any atom is -0.453 e. The van der Waals surface area contributed by atoms with Crippen LogP contribution in [0.25, 0.3) is 11.1 Å². The van der Waals surface area contributed by atoms with Crippen LogP contribution in [0.15, 0.2) is 24.3 Å². The number of nitrogens with two attached hydrogens (primary N) is 1. The number of pyridine rings is 1. The van der Waals surface area contributed by atoms with Crippen molar-refractivity contribution >= 4 is 23.4 Å². The number of hydrogen-bond acceptors (Lipinski definition) is 5. The molecule has 0 radical (unpaired) electrons. The van der Waals surface area contributed by atoms with E-state index in [0.29, 0.717) is 11.4 Å². The molecule has 0 saturated carbocycles. The molecule has 158 valence electrons. The van der Waals surface area contributed by atoms with Crippen molar-refractivity contribution in [2.24, 2.45) is 11.7 Å². The molecule has 2 amide bonds. The van der Waals surface area contributed by atoms with Crippen LogP contribution in [0.4, 0.5) is 16.2 Å². The quantitative estimate of drug-likeness (QED) is 0.656. The lowest BCUT2D eigenvalue weighted by Gasteiger charge is -2.22. The van der Waals surface area contributed by atoms with Gasteiger partial charge in [-0.3, -0.25) is 15.1 Å². The summed E-state index contributed by atoms with van der Waals surface area (Å²) in [4.78, 5) is 29.4.